The zero-order valence-corrected chi connectivity index (χ0v) is 12.6. The highest BCUT2D eigenvalue weighted by Crippen LogP contribution is 2.30. The lowest BCUT2D eigenvalue weighted by atomic mass is 10.1. The molecule has 2 rings (SSSR count). The number of halogens is 1. The summed E-state index contributed by atoms with van der Waals surface area (Å²) in [7, 11) is 1.84. The number of pyridine rings is 1. The van der Waals surface area contributed by atoms with Gasteiger partial charge in [0.15, 0.2) is 0 Å². The Morgan fingerprint density at radius 3 is 2.55 bits per heavy atom. The van der Waals surface area contributed by atoms with Crippen molar-refractivity contribution in [1.82, 2.24) is 4.98 Å². The van der Waals surface area contributed by atoms with E-state index in [-0.39, 0.29) is 10.6 Å². The molecular weight excluding hydrogens is 322 g/mol. The van der Waals surface area contributed by atoms with Gasteiger partial charge in [-0.1, -0.05) is 22.0 Å². The lowest BCUT2D eigenvalue weighted by molar-refractivity contribution is -0.384. The van der Waals surface area contributed by atoms with Crippen molar-refractivity contribution in [3.05, 3.63) is 64.0 Å². The molecule has 0 saturated heterocycles. The standard InChI is InChI=1S/C14H14BrN3O2/c1-17(10-11-4-6-16-7-5-11)13-3-2-12(9-15)8-14(13)18(19)20/h2-8H,9-10H2,1H3. The lowest BCUT2D eigenvalue weighted by Gasteiger charge is -2.19. The van der Waals surface area contributed by atoms with Gasteiger partial charge in [0, 0.05) is 37.4 Å². The molecule has 104 valence electrons. The third-order valence-corrected chi connectivity index (χ3v) is 3.62. The second-order valence-electron chi connectivity index (χ2n) is 4.43. The average Bonchev–Trinajstić information content (AvgIpc) is 2.47. The van der Waals surface area contributed by atoms with Gasteiger partial charge in [0.05, 0.1) is 4.92 Å². The normalized spacial score (nSPS) is 10.3. The Labute approximate surface area is 125 Å². The molecule has 0 unspecified atom stereocenters. The van der Waals surface area contributed by atoms with Crippen LogP contribution in [0.15, 0.2) is 42.7 Å². The minimum absolute atomic E-state index is 0.124. The fourth-order valence-corrected chi connectivity index (χ4v) is 2.32. The predicted molar refractivity (Wildman–Crippen MR) is 82.1 cm³/mol. The Morgan fingerprint density at radius 1 is 1.25 bits per heavy atom. The maximum Gasteiger partial charge on any atom is 0.292 e. The SMILES string of the molecule is CN(Cc1ccncc1)c1ccc(CBr)cc1[N+](=O)[O-]. The van der Waals surface area contributed by atoms with Crippen molar-refractivity contribution in [2.75, 3.05) is 11.9 Å². The highest BCUT2D eigenvalue weighted by atomic mass is 79.9. The third-order valence-electron chi connectivity index (χ3n) is 2.97. The molecule has 0 saturated carbocycles. The predicted octanol–water partition coefficient (Wildman–Crippen LogP) is 3.52. The summed E-state index contributed by atoms with van der Waals surface area (Å²) in [6.07, 6.45) is 3.43. The van der Waals surface area contributed by atoms with Crippen molar-refractivity contribution in [2.24, 2.45) is 0 Å². The molecule has 0 fully saturated rings. The summed E-state index contributed by atoms with van der Waals surface area (Å²) >= 11 is 3.31. The van der Waals surface area contributed by atoms with Crippen molar-refractivity contribution < 1.29 is 4.92 Å². The van der Waals surface area contributed by atoms with Gasteiger partial charge in [-0.25, -0.2) is 0 Å². The molecule has 5 nitrogen and oxygen atoms in total. The van der Waals surface area contributed by atoms with Crippen LogP contribution in [0.5, 0.6) is 0 Å². The molecule has 0 atom stereocenters. The van der Waals surface area contributed by atoms with Gasteiger partial charge in [-0.05, 0) is 29.3 Å². The number of nitrogens with zero attached hydrogens (tertiary/aromatic N) is 3. The fourth-order valence-electron chi connectivity index (χ4n) is 1.97. The number of nitro benzene ring substituents is 1. The summed E-state index contributed by atoms with van der Waals surface area (Å²) in [4.78, 5) is 16.7. The van der Waals surface area contributed by atoms with Gasteiger partial charge in [-0.2, -0.15) is 0 Å². The maximum atomic E-state index is 11.2. The zero-order valence-electron chi connectivity index (χ0n) is 11.0. The van der Waals surface area contributed by atoms with Crippen LogP contribution in [0, 0.1) is 10.1 Å². The molecule has 2 aromatic rings. The molecule has 0 spiro atoms. The first kappa shape index (κ1) is 14.5. The van der Waals surface area contributed by atoms with E-state index in [1.807, 2.05) is 30.1 Å². The molecule has 0 N–H and O–H groups in total. The van der Waals surface area contributed by atoms with E-state index < -0.39 is 0 Å². The van der Waals surface area contributed by atoms with Crippen LogP contribution in [-0.2, 0) is 11.9 Å². The van der Waals surface area contributed by atoms with Gasteiger partial charge in [0.2, 0.25) is 0 Å². The minimum atomic E-state index is -0.343. The van der Waals surface area contributed by atoms with Crippen molar-refractivity contribution in [3.63, 3.8) is 0 Å². The highest BCUT2D eigenvalue weighted by Gasteiger charge is 2.17. The Balaban J connectivity index is 2.29. The Hall–Kier alpha value is -1.95. The summed E-state index contributed by atoms with van der Waals surface area (Å²) in [6, 6.07) is 9.08. The molecule has 20 heavy (non-hydrogen) atoms. The van der Waals surface area contributed by atoms with Gasteiger partial charge in [-0.15, -0.1) is 0 Å². The zero-order chi connectivity index (χ0) is 14.5. The lowest BCUT2D eigenvalue weighted by Crippen LogP contribution is -2.17. The van der Waals surface area contributed by atoms with Crippen LogP contribution in [0.1, 0.15) is 11.1 Å². The Kier molecular flexibility index (Phi) is 4.68. The van der Waals surface area contributed by atoms with Crippen molar-refractivity contribution >= 4 is 27.3 Å². The molecule has 0 aliphatic heterocycles. The van der Waals surface area contributed by atoms with Crippen LogP contribution in [0.2, 0.25) is 0 Å². The van der Waals surface area contributed by atoms with Crippen LogP contribution in [0.25, 0.3) is 0 Å². The third kappa shape index (κ3) is 3.33. The number of hydrogen-bond acceptors (Lipinski definition) is 4. The van der Waals surface area contributed by atoms with Crippen molar-refractivity contribution in [1.29, 1.82) is 0 Å². The van der Waals surface area contributed by atoms with E-state index in [0.29, 0.717) is 17.6 Å². The van der Waals surface area contributed by atoms with Crippen LogP contribution in [-0.4, -0.2) is 17.0 Å². The first-order valence-corrected chi connectivity index (χ1v) is 7.17. The summed E-state index contributed by atoms with van der Waals surface area (Å²) in [6.45, 7) is 0.594. The summed E-state index contributed by atoms with van der Waals surface area (Å²) < 4.78 is 0. The molecule has 0 amide bonds. The van der Waals surface area contributed by atoms with Gasteiger partial charge in [0.25, 0.3) is 5.69 Å². The first-order chi connectivity index (χ1) is 9.61. The number of benzene rings is 1. The number of hydrogen-bond donors (Lipinski definition) is 0. The van der Waals surface area contributed by atoms with E-state index in [0.717, 1.165) is 11.1 Å². The molecular formula is C14H14BrN3O2. The van der Waals surface area contributed by atoms with Crippen molar-refractivity contribution in [3.8, 4) is 0 Å². The van der Waals surface area contributed by atoms with Crippen LogP contribution in [0.3, 0.4) is 0 Å². The van der Waals surface area contributed by atoms with E-state index in [9.17, 15) is 10.1 Å². The Morgan fingerprint density at radius 2 is 1.95 bits per heavy atom. The quantitative estimate of drug-likeness (QED) is 0.476. The Bertz CT molecular complexity index is 605. The van der Waals surface area contributed by atoms with E-state index in [1.165, 1.54) is 0 Å². The monoisotopic (exact) mass is 335 g/mol. The number of aromatic nitrogens is 1. The smallest absolute Gasteiger partial charge is 0.292 e. The van der Waals surface area contributed by atoms with Gasteiger partial charge >= 0.3 is 0 Å². The largest absolute Gasteiger partial charge is 0.365 e. The van der Waals surface area contributed by atoms with Gasteiger partial charge in [0.1, 0.15) is 5.69 Å². The second kappa shape index (κ2) is 6.47. The van der Waals surface area contributed by atoms with Crippen LogP contribution < -0.4 is 4.90 Å². The molecule has 6 heteroatoms. The molecule has 0 bridgehead atoms. The van der Waals surface area contributed by atoms with Gasteiger partial charge < -0.3 is 4.90 Å². The summed E-state index contributed by atoms with van der Waals surface area (Å²) in [5.74, 6) is 0. The number of alkyl halides is 1. The van der Waals surface area contributed by atoms with Crippen LogP contribution in [0.4, 0.5) is 11.4 Å². The van der Waals surface area contributed by atoms with Crippen molar-refractivity contribution in [2.45, 2.75) is 11.9 Å². The molecule has 1 heterocycles. The van der Waals surface area contributed by atoms with E-state index in [1.54, 1.807) is 24.5 Å². The maximum absolute atomic E-state index is 11.2. The molecule has 0 aliphatic rings. The molecule has 1 aromatic heterocycles. The highest BCUT2D eigenvalue weighted by molar-refractivity contribution is 9.08. The molecule has 0 aliphatic carbocycles. The number of anilines is 1. The fraction of sp³-hybridized carbons (Fsp3) is 0.214. The van der Waals surface area contributed by atoms with E-state index in [2.05, 4.69) is 20.9 Å². The topological polar surface area (TPSA) is 59.3 Å². The number of nitro groups is 1. The van der Waals surface area contributed by atoms with Crippen LogP contribution >= 0.6 is 15.9 Å². The minimum Gasteiger partial charge on any atom is -0.365 e. The van der Waals surface area contributed by atoms with E-state index in [4.69, 9.17) is 0 Å². The summed E-state index contributed by atoms with van der Waals surface area (Å²) in [5, 5.41) is 11.8. The summed E-state index contributed by atoms with van der Waals surface area (Å²) in [5.41, 5.74) is 2.68. The van der Waals surface area contributed by atoms with Gasteiger partial charge in [-0.3, -0.25) is 15.1 Å². The molecule has 1 aromatic carbocycles. The molecule has 0 radical (unpaired) electrons. The number of rotatable bonds is 5. The van der Waals surface area contributed by atoms with E-state index >= 15 is 0 Å². The average molecular weight is 336 g/mol. The first-order valence-electron chi connectivity index (χ1n) is 6.05. The second-order valence-corrected chi connectivity index (χ2v) is 4.99.